The Kier molecular flexibility index (Phi) is 8.31. The first-order valence-electron chi connectivity index (χ1n) is 14.3. The van der Waals surface area contributed by atoms with Crippen molar-refractivity contribution in [1.82, 2.24) is 20.1 Å². The summed E-state index contributed by atoms with van der Waals surface area (Å²) < 4.78 is 5.75. The molecule has 2 amide bonds. The lowest BCUT2D eigenvalue weighted by Crippen LogP contribution is -2.53. The molecule has 0 aliphatic carbocycles. The maximum absolute atomic E-state index is 13.8. The highest BCUT2D eigenvalue weighted by Gasteiger charge is 2.52. The Morgan fingerprint density at radius 2 is 1.85 bits per heavy atom. The van der Waals surface area contributed by atoms with Gasteiger partial charge in [0.15, 0.2) is 10.9 Å². The zero-order chi connectivity index (χ0) is 28.6. The first-order chi connectivity index (χ1) is 19.0. The maximum Gasteiger partial charge on any atom is 0.251 e. The van der Waals surface area contributed by atoms with Gasteiger partial charge in [-0.25, -0.2) is 4.98 Å². The van der Waals surface area contributed by atoms with E-state index in [1.54, 1.807) is 28.4 Å². The fourth-order valence-corrected chi connectivity index (χ4v) is 6.82. The highest BCUT2D eigenvalue weighted by molar-refractivity contribution is 7.14. The second-order valence-electron chi connectivity index (χ2n) is 12.5. The van der Waals surface area contributed by atoms with Gasteiger partial charge in [0, 0.05) is 55.1 Å². The minimum atomic E-state index is -0.735. The van der Waals surface area contributed by atoms with Gasteiger partial charge >= 0.3 is 0 Å². The minimum absolute atomic E-state index is 0.0497. The topological polar surface area (TPSA) is 95.1 Å². The molecule has 0 bridgehead atoms. The van der Waals surface area contributed by atoms with E-state index in [0.717, 1.165) is 49.0 Å². The van der Waals surface area contributed by atoms with Crippen LogP contribution in [0.1, 0.15) is 50.9 Å². The monoisotopic (exact) mass is 567 g/mol. The van der Waals surface area contributed by atoms with Gasteiger partial charge in [0.1, 0.15) is 18.7 Å². The summed E-state index contributed by atoms with van der Waals surface area (Å²) in [6, 6.07) is 6.09. The van der Waals surface area contributed by atoms with Crippen molar-refractivity contribution in [2.45, 2.75) is 58.7 Å². The van der Waals surface area contributed by atoms with Gasteiger partial charge in [0.2, 0.25) is 5.91 Å². The summed E-state index contributed by atoms with van der Waals surface area (Å²) in [5.41, 5.74) is 2.12. The van der Waals surface area contributed by atoms with E-state index in [9.17, 15) is 14.4 Å². The minimum Gasteiger partial charge on any atom is -0.367 e. The van der Waals surface area contributed by atoms with Gasteiger partial charge in [-0.1, -0.05) is 39.8 Å². The summed E-state index contributed by atoms with van der Waals surface area (Å²) in [6.45, 7) is 12.7. The van der Waals surface area contributed by atoms with Gasteiger partial charge in [-0.15, -0.1) is 11.3 Å². The van der Waals surface area contributed by atoms with Crippen molar-refractivity contribution < 1.29 is 19.1 Å². The van der Waals surface area contributed by atoms with E-state index in [1.165, 1.54) is 0 Å². The number of carbonyl (C=O) groups excluding carboxylic acids is 3. The summed E-state index contributed by atoms with van der Waals surface area (Å²) >= 11 is 1.64. The summed E-state index contributed by atoms with van der Waals surface area (Å²) in [4.78, 5) is 50.9. The average molecular weight is 568 g/mol. The Balaban J connectivity index is 1.28. The lowest BCUT2D eigenvalue weighted by atomic mass is 9.87. The van der Waals surface area contributed by atoms with Crippen LogP contribution in [0.2, 0.25) is 0 Å². The molecule has 5 rings (SSSR count). The number of Topliss-reactive ketones (excluding diaryl/α,β-unsaturated/α-hetero) is 1. The molecule has 4 atom stereocenters. The number of ketones is 1. The molecule has 3 saturated heterocycles. The Labute approximate surface area is 240 Å². The van der Waals surface area contributed by atoms with Gasteiger partial charge in [-0.3, -0.25) is 14.4 Å². The van der Waals surface area contributed by atoms with Crippen molar-refractivity contribution in [2.24, 2.45) is 11.3 Å². The van der Waals surface area contributed by atoms with E-state index in [0.29, 0.717) is 18.5 Å². The van der Waals surface area contributed by atoms with Crippen LogP contribution in [0.5, 0.6) is 0 Å². The van der Waals surface area contributed by atoms with Crippen molar-refractivity contribution in [3.8, 4) is 11.3 Å². The zero-order valence-corrected chi connectivity index (χ0v) is 25.0. The number of hydrogen-bond donors (Lipinski definition) is 1. The van der Waals surface area contributed by atoms with Crippen LogP contribution in [0.15, 0.2) is 29.6 Å². The molecule has 2 aromatic rings. The summed E-state index contributed by atoms with van der Waals surface area (Å²) in [5.74, 6) is -0.434. The number of fused-ring (bicyclic) bond motifs is 1. The fourth-order valence-electron chi connectivity index (χ4n) is 5.93. The number of carbonyl (C=O) groups is 3. The van der Waals surface area contributed by atoms with E-state index in [2.05, 4.69) is 34.5 Å². The lowest BCUT2D eigenvalue weighted by Gasteiger charge is -2.32. The first-order valence-corrected chi connectivity index (χ1v) is 15.2. The third-order valence-corrected chi connectivity index (χ3v) is 9.13. The van der Waals surface area contributed by atoms with Crippen LogP contribution in [0.25, 0.3) is 11.3 Å². The standard InChI is InChI=1S/C30H41N5O4S/c1-6-19-16-35(25-24(36)17-39-26(19)25)28(38)22(15-30(2,3)4)31-27(37)21-9-7-20(8-10-21)23-18-40-29(32-23)34-13-11-33(5)12-14-34/h7-10,18-19,22,25-26H,6,11-17H2,1-5H3,(H,31,37)/t19-,22+,25-,26-/m1/s1. The molecular weight excluding hydrogens is 526 g/mol. The van der Waals surface area contributed by atoms with E-state index >= 15 is 0 Å². The molecule has 3 aliphatic heterocycles. The number of likely N-dealkylation sites (N-methyl/N-ethyl adjacent to an activating group) is 1. The molecule has 0 unspecified atom stereocenters. The smallest absolute Gasteiger partial charge is 0.251 e. The van der Waals surface area contributed by atoms with Crippen molar-refractivity contribution in [3.63, 3.8) is 0 Å². The fraction of sp³-hybridized carbons (Fsp3) is 0.600. The average Bonchev–Trinajstić information content (AvgIpc) is 3.65. The van der Waals surface area contributed by atoms with Gasteiger partial charge < -0.3 is 24.8 Å². The lowest BCUT2D eigenvalue weighted by molar-refractivity contribution is -0.138. The molecule has 3 aliphatic rings. The summed E-state index contributed by atoms with van der Waals surface area (Å²) in [7, 11) is 2.14. The predicted molar refractivity (Wildman–Crippen MR) is 157 cm³/mol. The largest absolute Gasteiger partial charge is 0.367 e. The number of benzene rings is 1. The van der Waals surface area contributed by atoms with E-state index in [-0.39, 0.29) is 41.6 Å². The molecule has 10 heteroatoms. The van der Waals surface area contributed by atoms with Crippen LogP contribution in [-0.4, -0.2) is 96.9 Å². The van der Waals surface area contributed by atoms with Crippen LogP contribution in [-0.2, 0) is 14.3 Å². The van der Waals surface area contributed by atoms with Crippen molar-refractivity contribution in [3.05, 3.63) is 35.2 Å². The molecule has 1 N–H and O–H groups in total. The number of likely N-dealkylation sites (tertiary alicyclic amines) is 1. The summed E-state index contributed by atoms with van der Waals surface area (Å²) in [6.07, 6.45) is 1.04. The maximum atomic E-state index is 13.8. The number of hydrogen-bond acceptors (Lipinski definition) is 8. The predicted octanol–water partition coefficient (Wildman–Crippen LogP) is 3.30. The van der Waals surface area contributed by atoms with Gasteiger partial charge in [0.25, 0.3) is 5.91 Å². The second-order valence-corrected chi connectivity index (χ2v) is 13.4. The molecule has 1 aromatic heterocycles. The SMILES string of the molecule is CC[C@@H]1CN(C(=O)[C@H](CC(C)(C)C)NC(=O)c2ccc(-c3csc(N4CCN(C)CC4)n3)cc2)[C@@H]2C(=O)CO[C@H]12. The van der Waals surface area contributed by atoms with Gasteiger partial charge in [0.05, 0.1) is 11.8 Å². The van der Waals surface area contributed by atoms with Gasteiger partial charge in [-0.2, -0.15) is 0 Å². The molecule has 0 radical (unpaired) electrons. The van der Waals surface area contributed by atoms with Crippen LogP contribution in [0, 0.1) is 11.3 Å². The van der Waals surface area contributed by atoms with Crippen molar-refractivity contribution in [2.75, 3.05) is 51.3 Å². The number of piperazine rings is 1. The number of nitrogens with zero attached hydrogens (tertiary/aromatic N) is 4. The first kappa shape index (κ1) is 28.7. The number of nitrogens with one attached hydrogen (secondary N) is 1. The van der Waals surface area contributed by atoms with Crippen LogP contribution < -0.4 is 10.2 Å². The highest BCUT2D eigenvalue weighted by Crippen LogP contribution is 2.35. The molecule has 0 saturated carbocycles. The van der Waals surface area contributed by atoms with Crippen LogP contribution in [0.3, 0.4) is 0 Å². The van der Waals surface area contributed by atoms with Crippen LogP contribution in [0.4, 0.5) is 5.13 Å². The quantitative estimate of drug-likeness (QED) is 0.549. The molecule has 9 nitrogen and oxygen atoms in total. The Morgan fingerprint density at radius 1 is 1.15 bits per heavy atom. The van der Waals surface area contributed by atoms with Crippen molar-refractivity contribution >= 4 is 34.1 Å². The molecule has 3 fully saturated rings. The molecular formula is C30H41N5O4S. The van der Waals surface area contributed by atoms with E-state index in [4.69, 9.17) is 9.72 Å². The summed E-state index contributed by atoms with van der Waals surface area (Å²) in [5, 5.41) is 6.08. The van der Waals surface area contributed by atoms with Gasteiger partial charge in [-0.05, 0) is 37.4 Å². The second kappa shape index (κ2) is 11.6. The molecule has 1 aromatic carbocycles. The molecule has 216 valence electrons. The number of aromatic nitrogens is 1. The molecule has 4 heterocycles. The Hall–Kier alpha value is -2.82. The third kappa shape index (κ3) is 6.09. The normalized spacial score (nSPS) is 24.3. The van der Waals surface area contributed by atoms with E-state index in [1.807, 2.05) is 32.9 Å². The highest BCUT2D eigenvalue weighted by atomic mass is 32.1. The number of rotatable bonds is 7. The number of anilines is 1. The Bertz CT molecular complexity index is 1230. The molecule has 40 heavy (non-hydrogen) atoms. The number of ether oxygens (including phenoxy) is 1. The van der Waals surface area contributed by atoms with Crippen LogP contribution >= 0.6 is 11.3 Å². The zero-order valence-electron chi connectivity index (χ0n) is 24.2. The Morgan fingerprint density at radius 3 is 2.50 bits per heavy atom. The number of thiazole rings is 1. The van der Waals surface area contributed by atoms with Crippen molar-refractivity contribution in [1.29, 1.82) is 0 Å². The van der Waals surface area contributed by atoms with E-state index < -0.39 is 12.1 Å². The molecule has 0 spiro atoms. The number of amides is 2. The third-order valence-electron chi connectivity index (χ3n) is 8.23.